The molecule has 0 radical (unpaired) electrons. The van der Waals surface area contributed by atoms with Gasteiger partial charge in [-0.05, 0) is 60.7 Å². The van der Waals surface area contributed by atoms with Gasteiger partial charge in [-0.15, -0.1) is 0 Å². The Morgan fingerprint density at radius 2 is 1.88 bits per heavy atom. The van der Waals surface area contributed by atoms with Gasteiger partial charge in [-0.25, -0.2) is 4.98 Å². The van der Waals surface area contributed by atoms with Crippen molar-refractivity contribution in [1.82, 2.24) is 29.5 Å². The van der Waals surface area contributed by atoms with Crippen molar-refractivity contribution in [3.8, 4) is 11.5 Å². The monoisotopic (exact) mass is 538 g/mol. The van der Waals surface area contributed by atoms with E-state index in [0.29, 0.717) is 25.5 Å². The molecule has 1 amide bonds. The van der Waals surface area contributed by atoms with Crippen LogP contribution in [0.15, 0.2) is 67.3 Å². The van der Waals surface area contributed by atoms with Crippen LogP contribution < -0.4 is 9.47 Å². The molecule has 0 saturated heterocycles. The highest BCUT2D eigenvalue weighted by Gasteiger charge is 2.33. The highest BCUT2D eigenvalue weighted by molar-refractivity contribution is 5.92. The Kier molecular flexibility index (Phi) is 7.46. The third kappa shape index (κ3) is 5.42. The molecule has 6 bridgehead atoms. The Balaban J connectivity index is 1.31. The second-order valence-electron chi connectivity index (χ2n) is 10.4. The molecular formula is C31H34N6O3. The Labute approximate surface area is 234 Å². The molecule has 1 atom stereocenters. The summed E-state index contributed by atoms with van der Waals surface area (Å²) >= 11 is 0. The number of amides is 1. The number of nitrogens with zero attached hydrogens (tertiary/aromatic N) is 6. The molecule has 0 aliphatic carbocycles. The standard InChI is InChI=1S/C31H34N6O3/c1-22-25(19-34-35(22)2)21-36-12-4-15-39-26-6-3-5-24(18-26)30-28-8-7-27(40-16-14-36)17-23(28)9-13-37(30)31(38)29-20-32-10-11-33-29/h3,5-8,10-11,17-20,30H,4,9,12-16,21H2,1-2H3. The number of aromatic nitrogens is 4. The molecule has 40 heavy (non-hydrogen) atoms. The summed E-state index contributed by atoms with van der Waals surface area (Å²) in [6.45, 7) is 6.35. The minimum atomic E-state index is -0.262. The van der Waals surface area contributed by atoms with Crippen LogP contribution in [0.25, 0.3) is 0 Å². The maximum absolute atomic E-state index is 13.6. The summed E-state index contributed by atoms with van der Waals surface area (Å²) in [5.74, 6) is 1.53. The van der Waals surface area contributed by atoms with E-state index >= 15 is 0 Å². The van der Waals surface area contributed by atoms with Gasteiger partial charge in [0.2, 0.25) is 0 Å². The Morgan fingerprint density at radius 3 is 2.70 bits per heavy atom. The maximum Gasteiger partial charge on any atom is 0.274 e. The number of ether oxygens (including phenoxy) is 2. The number of hydrogen-bond donors (Lipinski definition) is 0. The Morgan fingerprint density at radius 1 is 1.00 bits per heavy atom. The Bertz CT molecular complexity index is 1490. The van der Waals surface area contributed by atoms with Crippen LogP contribution in [0, 0.1) is 6.92 Å². The molecule has 9 nitrogen and oxygen atoms in total. The molecule has 1 unspecified atom stereocenters. The number of carbonyl (C=O) groups is 1. The topological polar surface area (TPSA) is 85.6 Å². The number of hydrogen-bond acceptors (Lipinski definition) is 7. The van der Waals surface area contributed by atoms with E-state index in [9.17, 15) is 4.79 Å². The fourth-order valence-corrected chi connectivity index (χ4v) is 5.58. The first-order chi connectivity index (χ1) is 19.6. The first-order valence-electron chi connectivity index (χ1n) is 13.8. The van der Waals surface area contributed by atoms with Gasteiger partial charge in [0.25, 0.3) is 5.91 Å². The van der Waals surface area contributed by atoms with Gasteiger partial charge in [-0.2, -0.15) is 5.10 Å². The second-order valence-corrected chi connectivity index (χ2v) is 10.4. The van der Waals surface area contributed by atoms with Crippen molar-refractivity contribution < 1.29 is 14.3 Å². The molecule has 0 N–H and O–H groups in total. The normalized spacial score (nSPS) is 17.8. The molecule has 0 fully saturated rings. The van der Waals surface area contributed by atoms with Crippen molar-refractivity contribution in [2.24, 2.45) is 7.05 Å². The zero-order chi connectivity index (χ0) is 27.5. The zero-order valence-corrected chi connectivity index (χ0v) is 23.0. The third-order valence-corrected chi connectivity index (χ3v) is 7.85. The highest BCUT2D eigenvalue weighted by atomic mass is 16.5. The first-order valence-corrected chi connectivity index (χ1v) is 13.8. The average Bonchev–Trinajstić information content (AvgIpc) is 3.30. The van der Waals surface area contributed by atoms with E-state index in [1.807, 2.05) is 41.0 Å². The Hall–Kier alpha value is -4.24. The summed E-state index contributed by atoms with van der Waals surface area (Å²) in [4.78, 5) is 26.3. The highest BCUT2D eigenvalue weighted by Crippen LogP contribution is 2.38. The van der Waals surface area contributed by atoms with Crippen molar-refractivity contribution in [3.05, 3.63) is 101 Å². The van der Waals surface area contributed by atoms with Gasteiger partial charge in [0.05, 0.1) is 25.0 Å². The summed E-state index contributed by atoms with van der Waals surface area (Å²) in [5, 5.41) is 4.41. The van der Waals surface area contributed by atoms with E-state index in [-0.39, 0.29) is 11.9 Å². The minimum absolute atomic E-state index is 0.131. The fourth-order valence-electron chi connectivity index (χ4n) is 5.58. The van der Waals surface area contributed by atoms with Crippen molar-refractivity contribution in [2.45, 2.75) is 32.4 Å². The molecule has 0 spiro atoms. The first kappa shape index (κ1) is 26.0. The molecule has 206 valence electrons. The maximum atomic E-state index is 13.6. The predicted molar refractivity (Wildman–Crippen MR) is 150 cm³/mol. The molecule has 2 aromatic heterocycles. The number of rotatable bonds is 3. The van der Waals surface area contributed by atoms with Crippen molar-refractivity contribution in [3.63, 3.8) is 0 Å². The summed E-state index contributed by atoms with van der Waals surface area (Å²) in [5.41, 5.74) is 6.03. The van der Waals surface area contributed by atoms with E-state index in [4.69, 9.17) is 9.47 Å². The van der Waals surface area contributed by atoms with Crippen molar-refractivity contribution >= 4 is 5.91 Å². The van der Waals surface area contributed by atoms with Crippen LogP contribution in [-0.2, 0) is 20.0 Å². The van der Waals surface area contributed by atoms with Gasteiger partial charge in [-0.1, -0.05) is 18.2 Å². The molecule has 5 heterocycles. The summed E-state index contributed by atoms with van der Waals surface area (Å²) in [6.07, 6.45) is 8.23. The van der Waals surface area contributed by atoms with Crippen molar-refractivity contribution in [1.29, 1.82) is 0 Å². The van der Waals surface area contributed by atoms with Gasteiger partial charge in [-0.3, -0.25) is 19.4 Å². The zero-order valence-electron chi connectivity index (χ0n) is 23.0. The van der Waals surface area contributed by atoms with Crippen LogP contribution in [-0.4, -0.2) is 68.3 Å². The van der Waals surface area contributed by atoms with Crippen LogP contribution in [0.3, 0.4) is 0 Å². The lowest BCUT2D eigenvalue weighted by Gasteiger charge is -2.38. The molecule has 3 aliphatic rings. The van der Waals surface area contributed by atoms with E-state index in [2.05, 4.69) is 51.2 Å². The van der Waals surface area contributed by atoms with E-state index < -0.39 is 0 Å². The molecule has 2 aromatic carbocycles. The largest absolute Gasteiger partial charge is 0.494 e. The van der Waals surface area contributed by atoms with E-state index in [0.717, 1.165) is 55.1 Å². The van der Waals surface area contributed by atoms with Gasteiger partial charge in [0.15, 0.2) is 0 Å². The molecular weight excluding hydrogens is 504 g/mol. The lowest BCUT2D eigenvalue weighted by atomic mass is 9.87. The molecule has 0 saturated carbocycles. The van der Waals surface area contributed by atoms with Gasteiger partial charge >= 0.3 is 0 Å². The lowest BCUT2D eigenvalue weighted by Crippen LogP contribution is -2.41. The number of fused-ring (bicyclic) bond motifs is 8. The minimum Gasteiger partial charge on any atom is -0.494 e. The van der Waals surface area contributed by atoms with Crippen LogP contribution in [0.5, 0.6) is 11.5 Å². The molecule has 9 heteroatoms. The number of carbonyl (C=O) groups excluding carboxylic acids is 1. The summed E-state index contributed by atoms with van der Waals surface area (Å²) < 4.78 is 14.4. The van der Waals surface area contributed by atoms with E-state index in [1.54, 1.807) is 12.4 Å². The summed E-state index contributed by atoms with van der Waals surface area (Å²) in [7, 11) is 1.98. The van der Waals surface area contributed by atoms with Crippen LogP contribution in [0.4, 0.5) is 0 Å². The number of aryl methyl sites for hydroxylation is 1. The van der Waals surface area contributed by atoms with Crippen LogP contribution >= 0.6 is 0 Å². The van der Waals surface area contributed by atoms with Gasteiger partial charge < -0.3 is 14.4 Å². The van der Waals surface area contributed by atoms with Crippen LogP contribution in [0.1, 0.15) is 50.9 Å². The smallest absolute Gasteiger partial charge is 0.274 e. The quantitative estimate of drug-likeness (QED) is 0.390. The van der Waals surface area contributed by atoms with Gasteiger partial charge in [0, 0.05) is 56.9 Å². The third-order valence-electron chi connectivity index (χ3n) is 7.85. The SMILES string of the molecule is Cc1c(CN2CCCOc3cccc(c3)C3c4ccc(cc4CCN3C(=O)c3cnccn3)OCC2)cnn1C. The van der Waals surface area contributed by atoms with Gasteiger partial charge in [0.1, 0.15) is 23.8 Å². The molecule has 4 aromatic rings. The second kappa shape index (κ2) is 11.5. The summed E-state index contributed by atoms with van der Waals surface area (Å²) in [6, 6.07) is 14.1. The van der Waals surface area contributed by atoms with E-state index in [1.165, 1.54) is 23.0 Å². The van der Waals surface area contributed by atoms with Crippen molar-refractivity contribution in [2.75, 3.05) is 32.8 Å². The average molecular weight is 539 g/mol. The predicted octanol–water partition coefficient (Wildman–Crippen LogP) is 3.97. The lowest BCUT2D eigenvalue weighted by molar-refractivity contribution is 0.0687. The molecule has 7 rings (SSSR count). The molecule has 3 aliphatic heterocycles. The van der Waals surface area contributed by atoms with Crippen LogP contribution in [0.2, 0.25) is 0 Å². The number of benzene rings is 2. The fraction of sp³-hybridized carbons (Fsp3) is 0.355.